The van der Waals surface area contributed by atoms with E-state index in [0.717, 1.165) is 4.90 Å². The van der Waals surface area contributed by atoms with Crippen molar-refractivity contribution in [1.29, 1.82) is 0 Å². The fourth-order valence-corrected chi connectivity index (χ4v) is 1.72. The predicted octanol–water partition coefficient (Wildman–Crippen LogP) is 2.61. The molecular formula is C13H18F3NO2. The van der Waals surface area contributed by atoms with Crippen LogP contribution in [0.4, 0.5) is 13.2 Å². The molecule has 0 aliphatic carbocycles. The molecule has 1 atom stereocenters. The van der Waals surface area contributed by atoms with Gasteiger partial charge in [0, 0.05) is 6.54 Å². The van der Waals surface area contributed by atoms with Crippen molar-refractivity contribution in [2.24, 2.45) is 0 Å². The van der Waals surface area contributed by atoms with E-state index in [-0.39, 0.29) is 6.54 Å². The summed E-state index contributed by atoms with van der Waals surface area (Å²) in [5, 5.41) is 9.86. The zero-order chi connectivity index (χ0) is 14.5. The number of hydrogen-bond donors (Lipinski definition) is 1. The van der Waals surface area contributed by atoms with Crippen LogP contribution in [-0.4, -0.2) is 42.9 Å². The molecule has 0 saturated heterocycles. The van der Waals surface area contributed by atoms with E-state index in [0.29, 0.717) is 17.9 Å². The fraction of sp³-hybridized carbons (Fsp3) is 0.538. The van der Waals surface area contributed by atoms with Gasteiger partial charge in [-0.1, -0.05) is 12.1 Å². The minimum Gasteiger partial charge on any atom is -0.494 e. The number of likely N-dealkylation sites (N-methyl/N-ethyl adjacent to an activating group) is 1. The lowest BCUT2D eigenvalue weighted by molar-refractivity contribution is -0.145. The molecule has 1 rings (SSSR count). The maximum atomic E-state index is 12.2. The van der Waals surface area contributed by atoms with Gasteiger partial charge in [-0.05, 0) is 31.7 Å². The Labute approximate surface area is 110 Å². The zero-order valence-corrected chi connectivity index (χ0v) is 10.9. The lowest BCUT2D eigenvalue weighted by atomic mass is 10.1. The van der Waals surface area contributed by atoms with Gasteiger partial charge in [0.2, 0.25) is 0 Å². The first-order valence-corrected chi connectivity index (χ1v) is 5.98. The Morgan fingerprint density at radius 3 is 2.32 bits per heavy atom. The van der Waals surface area contributed by atoms with E-state index in [2.05, 4.69) is 0 Å². The summed E-state index contributed by atoms with van der Waals surface area (Å²) in [6.07, 6.45) is -5.21. The first kappa shape index (κ1) is 15.8. The van der Waals surface area contributed by atoms with Crippen molar-refractivity contribution in [2.45, 2.75) is 19.2 Å². The van der Waals surface area contributed by atoms with Crippen molar-refractivity contribution < 1.29 is 23.0 Å². The molecule has 108 valence electrons. The third-order valence-electron chi connectivity index (χ3n) is 2.51. The number of halogens is 3. The molecule has 3 nitrogen and oxygen atoms in total. The second-order valence-corrected chi connectivity index (χ2v) is 4.33. The SMILES string of the molecule is CCOc1ccc(C(O)CN(C)CC(F)(F)F)cc1. The summed E-state index contributed by atoms with van der Waals surface area (Å²) >= 11 is 0. The third kappa shape index (κ3) is 5.94. The van der Waals surface area contributed by atoms with E-state index in [1.54, 1.807) is 24.3 Å². The van der Waals surface area contributed by atoms with E-state index >= 15 is 0 Å². The number of hydrogen-bond acceptors (Lipinski definition) is 3. The Bertz CT molecular complexity index is 378. The van der Waals surface area contributed by atoms with Gasteiger partial charge < -0.3 is 9.84 Å². The minimum atomic E-state index is -4.26. The van der Waals surface area contributed by atoms with Crippen molar-refractivity contribution in [1.82, 2.24) is 4.90 Å². The number of aliphatic hydroxyl groups is 1. The summed E-state index contributed by atoms with van der Waals surface area (Å²) in [5.74, 6) is 0.669. The average Bonchev–Trinajstić information content (AvgIpc) is 2.27. The number of ether oxygens (including phenoxy) is 1. The van der Waals surface area contributed by atoms with Gasteiger partial charge in [-0.3, -0.25) is 4.90 Å². The molecule has 1 unspecified atom stereocenters. The molecule has 0 heterocycles. The van der Waals surface area contributed by atoms with Gasteiger partial charge in [-0.2, -0.15) is 13.2 Å². The molecule has 0 aliphatic rings. The van der Waals surface area contributed by atoms with Crippen LogP contribution in [0.3, 0.4) is 0 Å². The predicted molar refractivity (Wildman–Crippen MR) is 66.1 cm³/mol. The summed E-state index contributed by atoms with van der Waals surface area (Å²) in [4.78, 5) is 1.04. The molecular weight excluding hydrogens is 259 g/mol. The summed E-state index contributed by atoms with van der Waals surface area (Å²) in [7, 11) is 1.32. The van der Waals surface area contributed by atoms with E-state index in [9.17, 15) is 18.3 Å². The van der Waals surface area contributed by atoms with Crippen LogP contribution in [0.1, 0.15) is 18.6 Å². The summed E-state index contributed by atoms with van der Waals surface area (Å²) < 4.78 is 41.7. The average molecular weight is 277 g/mol. The second kappa shape index (κ2) is 6.77. The van der Waals surface area contributed by atoms with Crippen molar-refractivity contribution in [3.8, 4) is 5.75 Å². The molecule has 0 bridgehead atoms. The molecule has 0 radical (unpaired) electrons. The van der Waals surface area contributed by atoms with Crippen LogP contribution in [0.25, 0.3) is 0 Å². The van der Waals surface area contributed by atoms with Crippen LogP contribution < -0.4 is 4.74 Å². The smallest absolute Gasteiger partial charge is 0.401 e. The quantitative estimate of drug-likeness (QED) is 0.867. The van der Waals surface area contributed by atoms with Crippen LogP contribution in [0.15, 0.2) is 24.3 Å². The highest BCUT2D eigenvalue weighted by Gasteiger charge is 2.29. The van der Waals surface area contributed by atoms with Crippen LogP contribution in [0, 0.1) is 0 Å². The Kier molecular flexibility index (Phi) is 5.62. The van der Waals surface area contributed by atoms with Gasteiger partial charge in [0.05, 0.1) is 19.3 Å². The molecule has 1 aromatic rings. The van der Waals surface area contributed by atoms with Crippen LogP contribution >= 0.6 is 0 Å². The Morgan fingerprint density at radius 2 is 1.84 bits per heavy atom. The molecule has 0 spiro atoms. The largest absolute Gasteiger partial charge is 0.494 e. The van der Waals surface area contributed by atoms with Crippen LogP contribution in [0.5, 0.6) is 5.75 Å². The maximum absolute atomic E-state index is 12.2. The molecule has 0 aromatic heterocycles. The number of rotatable bonds is 6. The third-order valence-corrected chi connectivity index (χ3v) is 2.51. The van der Waals surface area contributed by atoms with Crippen LogP contribution in [0.2, 0.25) is 0 Å². The van der Waals surface area contributed by atoms with Gasteiger partial charge in [0.25, 0.3) is 0 Å². The lowest BCUT2D eigenvalue weighted by Crippen LogP contribution is -2.34. The van der Waals surface area contributed by atoms with Crippen LogP contribution in [-0.2, 0) is 0 Å². The maximum Gasteiger partial charge on any atom is 0.401 e. The number of alkyl halides is 3. The van der Waals surface area contributed by atoms with Gasteiger partial charge >= 0.3 is 6.18 Å². The fourth-order valence-electron chi connectivity index (χ4n) is 1.72. The summed E-state index contributed by atoms with van der Waals surface area (Å²) in [6, 6.07) is 6.67. The molecule has 0 amide bonds. The normalized spacial score (nSPS) is 13.6. The molecule has 1 N–H and O–H groups in total. The van der Waals surface area contributed by atoms with E-state index in [1.165, 1.54) is 7.05 Å². The molecule has 0 saturated carbocycles. The second-order valence-electron chi connectivity index (χ2n) is 4.33. The van der Waals surface area contributed by atoms with E-state index in [1.807, 2.05) is 6.92 Å². The molecule has 19 heavy (non-hydrogen) atoms. The van der Waals surface area contributed by atoms with Gasteiger partial charge in [-0.25, -0.2) is 0 Å². The summed E-state index contributed by atoms with van der Waals surface area (Å²) in [6.45, 7) is 1.28. The van der Waals surface area contributed by atoms with Gasteiger partial charge in [-0.15, -0.1) is 0 Å². The number of nitrogens with zero attached hydrogens (tertiary/aromatic N) is 1. The molecule has 6 heteroatoms. The molecule has 0 fully saturated rings. The Morgan fingerprint density at radius 1 is 1.26 bits per heavy atom. The highest BCUT2D eigenvalue weighted by Crippen LogP contribution is 2.20. The first-order chi connectivity index (χ1) is 8.81. The summed E-state index contributed by atoms with van der Waals surface area (Å²) in [5.41, 5.74) is 0.567. The van der Waals surface area contributed by atoms with Gasteiger partial charge in [0.15, 0.2) is 0 Å². The van der Waals surface area contributed by atoms with Crippen molar-refractivity contribution in [3.05, 3.63) is 29.8 Å². The van der Waals surface area contributed by atoms with Crippen molar-refractivity contribution in [3.63, 3.8) is 0 Å². The Hall–Kier alpha value is -1.27. The monoisotopic (exact) mass is 277 g/mol. The van der Waals surface area contributed by atoms with Crippen molar-refractivity contribution >= 4 is 0 Å². The number of benzene rings is 1. The zero-order valence-electron chi connectivity index (χ0n) is 10.9. The van der Waals surface area contributed by atoms with E-state index in [4.69, 9.17) is 4.74 Å². The highest BCUT2D eigenvalue weighted by atomic mass is 19.4. The highest BCUT2D eigenvalue weighted by molar-refractivity contribution is 5.28. The number of aliphatic hydroxyl groups excluding tert-OH is 1. The topological polar surface area (TPSA) is 32.7 Å². The lowest BCUT2D eigenvalue weighted by Gasteiger charge is -2.22. The Balaban J connectivity index is 2.55. The first-order valence-electron chi connectivity index (χ1n) is 5.98. The van der Waals surface area contributed by atoms with Gasteiger partial charge in [0.1, 0.15) is 5.75 Å². The van der Waals surface area contributed by atoms with Crippen molar-refractivity contribution in [2.75, 3.05) is 26.7 Å². The molecule has 0 aliphatic heterocycles. The minimum absolute atomic E-state index is 0.0759. The van der Waals surface area contributed by atoms with E-state index < -0.39 is 18.8 Å². The standard InChI is InChI=1S/C13H18F3NO2/c1-3-19-11-6-4-10(5-7-11)12(18)8-17(2)9-13(14,15)16/h4-7,12,18H,3,8-9H2,1-2H3. The molecule has 1 aromatic carbocycles.